The molecule has 0 fully saturated rings. The topological polar surface area (TPSA) is 86.8 Å². The quantitative estimate of drug-likeness (QED) is 0.360. The number of hydrogen-bond acceptors (Lipinski definition) is 4. The van der Waals surface area contributed by atoms with E-state index in [1.54, 1.807) is 43.3 Å². The van der Waals surface area contributed by atoms with Crippen LogP contribution in [0.5, 0.6) is 0 Å². The minimum absolute atomic E-state index is 0.0474. The molecule has 3 aromatic rings. The molecule has 10 heteroatoms. The Morgan fingerprint density at radius 3 is 2.35 bits per heavy atom. The third-order valence-corrected chi connectivity index (χ3v) is 9.10. The maximum absolute atomic E-state index is 13.4. The van der Waals surface area contributed by atoms with Crippen molar-refractivity contribution in [2.24, 2.45) is 0 Å². The van der Waals surface area contributed by atoms with Crippen LogP contribution in [0.2, 0.25) is 10.0 Å². The van der Waals surface area contributed by atoms with E-state index in [0.29, 0.717) is 33.2 Å². The average molecular weight is 563 g/mol. The molecule has 0 aromatic heterocycles. The first-order valence-electron chi connectivity index (χ1n) is 12.2. The van der Waals surface area contributed by atoms with E-state index in [0.717, 1.165) is 11.8 Å². The molecule has 1 aliphatic heterocycles. The highest BCUT2D eigenvalue weighted by Gasteiger charge is 2.35. The van der Waals surface area contributed by atoms with Crippen LogP contribution < -0.4 is 9.62 Å². The van der Waals surface area contributed by atoms with Gasteiger partial charge in [0, 0.05) is 47.1 Å². The van der Waals surface area contributed by atoms with Crippen LogP contribution in [-0.2, 0) is 26.2 Å². The summed E-state index contributed by atoms with van der Waals surface area (Å²) in [5.41, 5.74) is 1.17. The van der Waals surface area contributed by atoms with Crippen LogP contribution in [0.3, 0.4) is 0 Å². The summed E-state index contributed by atoms with van der Waals surface area (Å²) in [5.74, 6) is -0.565. The smallest absolute Gasteiger partial charge is 0.265 e. The maximum atomic E-state index is 13.4. The fraction of sp³-hybridized carbons (Fsp3) is 0.333. The largest absolute Gasteiger partial charge is 0.354 e. The molecule has 0 aliphatic carbocycles. The molecule has 0 saturated heterocycles. The minimum atomic E-state index is -3.71. The van der Waals surface area contributed by atoms with Crippen molar-refractivity contribution in [1.29, 1.82) is 0 Å². The SMILES string of the molecule is CCCNC(=O)[C@@H](C)N(Cc1c(Cl)cccc1Cl)C(=O)CCCN1c2cccc3cccc(c23)S1(=O)=O. The summed E-state index contributed by atoms with van der Waals surface area (Å²) in [7, 11) is -3.71. The number of hydrogen-bond donors (Lipinski definition) is 1. The van der Waals surface area contributed by atoms with Crippen LogP contribution in [0.15, 0.2) is 59.5 Å². The van der Waals surface area contributed by atoms with Crippen LogP contribution >= 0.6 is 23.2 Å². The molecule has 3 aromatic carbocycles. The van der Waals surface area contributed by atoms with Crippen molar-refractivity contribution < 1.29 is 18.0 Å². The molecular formula is C27H29Cl2N3O4S. The Morgan fingerprint density at radius 2 is 1.68 bits per heavy atom. The third-order valence-electron chi connectivity index (χ3n) is 6.54. The van der Waals surface area contributed by atoms with Crippen LogP contribution in [0, 0.1) is 0 Å². The van der Waals surface area contributed by atoms with E-state index in [1.807, 2.05) is 25.1 Å². The Bertz CT molecular complexity index is 1420. The van der Waals surface area contributed by atoms with Crippen molar-refractivity contribution in [3.63, 3.8) is 0 Å². The summed E-state index contributed by atoms with van der Waals surface area (Å²) < 4.78 is 27.8. The van der Waals surface area contributed by atoms with E-state index in [9.17, 15) is 18.0 Å². The molecule has 0 unspecified atom stereocenters. The molecule has 1 heterocycles. The van der Waals surface area contributed by atoms with Crippen molar-refractivity contribution in [2.75, 3.05) is 17.4 Å². The summed E-state index contributed by atoms with van der Waals surface area (Å²) in [6, 6.07) is 15.0. The van der Waals surface area contributed by atoms with Gasteiger partial charge in [0.15, 0.2) is 0 Å². The monoisotopic (exact) mass is 561 g/mol. The first-order valence-corrected chi connectivity index (χ1v) is 14.4. The minimum Gasteiger partial charge on any atom is -0.354 e. The van der Waals surface area contributed by atoms with Gasteiger partial charge >= 0.3 is 0 Å². The van der Waals surface area contributed by atoms with Gasteiger partial charge in [-0.1, -0.05) is 60.5 Å². The highest BCUT2D eigenvalue weighted by atomic mass is 35.5. The fourth-order valence-electron chi connectivity index (χ4n) is 4.55. The van der Waals surface area contributed by atoms with E-state index >= 15 is 0 Å². The van der Waals surface area contributed by atoms with Gasteiger partial charge in [-0.25, -0.2) is 8.42 Å². The van der Waals surface area contributed by atoms with Crippen molar-refractivity contribution in [3.8, 4) is 0 Å². The van der Waals surface area contributed by atoms with Crippen LogP contribution in [0.1, 0.15) is 38.7 Å². The predicted octanol–water partition coefficient (Wildman–Crippen LogP) is 5.38. The van der Waals surface area contributed by atoms with Gasteiger partial charge in [0.05, 0.1) is 10.6 Å². The summed E-state index contributed by atoms with van der Waals surface area (Å²) >= 11 is 12.7. The second kappa shape index (κ2) is 11.3. The van der Waals surface area contributed by atoms with E-state index in [2.05, 4.69) is 5.32 Å². The van der Waals surface area contributed by atoms with E-state index in [1.165, 1.54) is 9.21 Å². The number of carbonyl (C=O) groups is 2. The number of nitrogens with one attached hydrogen (secondary N) is 1. The molecule has 7 nitrogen and oxygen atoms in total. The van der Waals surface area contributed by atoms with Gasteiger partial charge in [-0.2, -0.15) is 0 Å². The zero-order valence-corrected chi connectivity index (χ0v) is 23.0. The lowest BCUT2D eigenvalue weighted by Crippen LogP contribution is -2.48. The van der Waals surface area contributed by atoms with Gasteiger partial charge in [0.2, 0.25) is 11.8 Å². The lowest BCUT2D eigenvalue weighted by molar-refractivity contribution is -0.140. The second-order valence-corrected chi connectivity index (χ2v) is 11.6. The normalized spacial score (nSPS) is 14.5. The highest BCUT2D eigenvalue weighted by molar-refractivity contribution is 7.93. The summed E-state index contributed by atoms with van der Waals surface area (Å²) in [6.45, 7) is 4.30. The molecule has 4 rings (SSSR count). The molecule has 196 valence electrons. The van der Waals surface area contributed by atoms with Gasteiger partial charge in [-0.05, 0) is 49.4 Å². The Balaban J connectivity index is 1.52. The molecule has 1 N–H and O–H groups in total. The Labute approximate surface area is 227 Å². The average Bonchev–Trinajstić information content (AvgIpc) is 3.09. The molecule has 0 spiro atoms. The van der Waals surface area contributed by atoms with Crippen molar-refractivity contribution in [2.45, 2.75) is 50.6 Å². The number of benzene rings is 3. The lowest BCUT2D eigenvalue weighted by Gasteiger charge is -2.30. The number of sulfonamides is 1. The molecule has 0 bridgehead atoms. The Hall–Kier alpha value is -2.81. The molecule has 0 radical (unpaired) electrons. The number of nitrogens with zero attached hydrogens (tertiary/aromatic N) is 2. The molecular weight excluding hydrogens is 533 g/mol. The van der Waals surface area contributed by atoms with Gasteiger partial charge < -0.3 is 10.2 Å². The fourth-order valence-corrected chi connectivity index (χ4v) is 6.81. The third kappa shape index (κ3) is 5.42. The number of carbonyl (C=O) groups excluding carboxylic acids is 2. The van der Waals surface area contributed by atoms with Gasteiger partial charge in [0.25, 0.3) is 10.0 Å². The van der Waals surface area contributed by atoms with Gasteiger partial charge in [-0.15, -0.1) is 0 Å². The second-order valence-electron chi connectivity index (χ2n) is 9.00. The standard InChI is InChI=1S/C27H29Cl2N3O4S/c1-3-15-30-27(34)18(2)31(17-20-21(28)10-6-11-22(20)29)25(33)14-7-16-32-23-12-4-8-19-9-5-13-24(26(19)23)37(32,35)36/h4-6,8-13,18H,3,7,14-17H2,1-2H3,(H,30,34)/t18-/m1/s1. The van der Waals surface area contributed by atoms with Crippen LogP contribution in [-0.4, -0.2) is 44.3 Å². The van der Waals surface area contributed by atoms with E-state index in [4.69, 9.17) is 23.2 Å². The molecule has 1 aliphatic rings. The number of rotatable bonds is 10. The van der Waals surface area contributed by atoms with Crippen molar-refractivity contribution >= 4 is 61.5 Å². The molecule has 37 heavy (non-hydrogen) atoms. The number of amides is 2. The lowest BCUT2D eigenvalue weighted by atomic mass is 10.1. The predicted molar refractivity (Wildman–Crippen MR) is 147 cm³/mol. The molecule has 2 amide bonds. The van der Waals surface area contributed by atoms with Gasteiger partial charge in [0.1, 0.15) is 6.04 Å². The maximum Gasteiger partial charge on any atom is 0.265 e. The Kier molecular flexibility index (Phi) is 8.31. The number of halogens is 2. The zero-order chi connectivity index (χ0) is 26.7. The molecule has 1 atom stereocenters. The van der Waals surface area contributed by atoms with Crippen molar-refractivity contribution in [3.05, 3.63) is 70.2 Å². The highest BCUT2D eigenvalue weighted by Crippen LogP contribution is 2.42. The number of anilines is 1. The molecule has 0 saturated carbocycles. The van der Waals surface area contributed by atoms with Crippen LogP contribution in [0.25, 0.3) is 10.8 Å². The van der Waals surface area contributed by atoms with E-state index in [-0.39, 0.29) is 42.6 Å². The van der Waals surface area contributed by atoms with Crippen LogP contribution in [0.4, 0.5) is 5.69 Å². The van der Waals surface area contributed by atoms with Crippen molar-refractivity contribution in [1.82, 2.24) is 10.2 Å². The van der Waals surface area contributed by atoms with Gasteiger partial charge in [-0.3, -0.25) is 13.9 Å². The summed E-state index contributed by atoms with van der Waals surface area (Å²) in [4.78, 5) is 27.9. The Morgan fingerprint density at radius 1 is 1.03 bits per heavy atom. The van der Waals surface area contributed by atoms with E-state index < -0.39 is 16.1 Å². The first-order chi connectivity index (χ1) is 17.7. The summed E-state index contributed by atoms with van der Waals surface area (Å²) in [6.07, 6.45) is 1.09. The summed E-state index contributed by atoms with van der Waals surface area (Å²) in [5, 5.41) is 5.19. The first kappa shape index (κ1) is 27.2. The zero-order valence-electron chi connectivity index (χ0n) is 20.7.